The zero-order valence-corrected chi connectivity index (χ0v) is 14.1. The second-order valence-corrected chi connectivity index (χ2v) is 5.60. The minimum atomic E-state index is -1.14. The number of nitrogens with zero attached hydrogens (tertiary/aromatic N) is 1. The largest absolute Gasteiger partial charge is 0.459 e. The zero-order chi connectivity index (χ0) is 17.8. The van der Waals surface area contributed by atoms with Crippen molar-refractivity contribution in [1.29, 1.82) is 5.26 Å². The molecule has 0 aromatic rings. The normalized spacial score (nSPS) is 18.0. The van der Waals surface area contributed by atoms with Crippen molar-refractivity contribution in [3.8, 4) is 6.07 Å². The molecule has 0 saturated heterocycles. The smallest absolute Gasteiger partial charge is 0.349 e. The minimum absolute atomic E-state index is 0.0433. The molecule has 0 heterocycles. The topological polar surface area (TPSA) is 112 Å². The van der Waals surface area contributed by atoms with Gasteiger partial charge in [0, 0.05) is 26.0 Å². The molecule has 24 heavy (non-hydrogen) atoms. The number of aliphatic hydroxyl groups is 2. The molecule has 7 nitrogen and oxygen atoms in total. The fraction of sp³-hybridized carbons (Fsp3) is 0.647. The van der Waals surface area contributed by atoms with Crippen molar-refractivity contribution in [2.45, 2.75) is 38.2 Å². The maximum atomic E-state index is 12.1. The third-order valence-corrected chi connectivity index (χ3v) is 3.62. The molecule has 1 atom stereocenters. The lowest BCUT2D eigenvalue weighted by atomic mass is 10.0. The van der Waals surface area contributed by atoms with Crippen LogP contribution in [0.2, 0.25) is 0 Å². The van der Waals surface area contributed by atoms with Crippen LogP contribution in [0.1, 0.15) is 32.1 Å². The van der Waals surface area contributed by atoms with Crippen LogP contribution in [0.4, 0.5) is 0 Å². The van der Waals surface area contributed by atoms with Crippen LogP contribution in [-0.4, -0.2) is 55.8 Å². The number of carbonyl (C=O) groups is 1. The third-order valence-electron chi connectivity index (χ3n) is 3.62. The maximum absolute atomic E-state index is 12.1. The Balaban J connectivity index is 2.80. The minimum Gasteiger partial charge on any atom is -0.459 e. The summed E-state index contributed by atoms with van der Waals surface area (Å²) in [4.78, 5) is 12.1. The molecule has 0 aromatic heterocycles. The number of nitrogens with one attached hydrogen (secondary N) is 1. The van der Waals surface area contributed by atoms with Crippen LogP contribution < -0.4 is 5.32 Å². The lowest BCUT2D eigenvalue weighted by molar-refractivity contribution is -0.142. The van der Waals surface area contributed by atoms with Gasteiger partial charge < -0.3 is 25.0 Å². The number of hydrogen-bond acceptors (Lipinski definition) is 7. The second kappa shape index (κ2) is 11.6. The summed E-state index contributed by atoms with van der Waals surface area (Å²) in [7, 11) is 1.66. The van der Waals surface area contributed by atoms with E-state index >= 15 is 0 Å². The molecule has 0 bridgehead atoms. The van der Waals surface area contributed by atoms with Gasteiger partial charge in [0.1, 0.15) is 24.4 Å². The molecule has 134 valence electrons. The highest BCUT2D eigenvalue weighted by Crippen LogP contribution is 2.23. The summed E-state index contributed by atoms with van der Waals surface area (Å²) >= 11 is 0. The van der Waals surface area contributed by atoms with Gasteiger partial charge in [-0.3, -0.25) is 0 Å². The van der Waals surface area contributed by atoms with E-state index < -0.39 is 18.7 Å². The second-order valence-electron chi connectivity index (χ2n) is 5.60. The van der Waals surface area contributed by atoms with Crippen molar-refractivity contribution in [3.63, 3.8) is 0 Å². The van der Waals surface area contributed by atoms with Gasteiger partial charge >= 0.3 is 5.97 Å². The number of nitriles is 1. The average molecular weight is 338 g/mol. The summed E-state index contributed by atoms with van der Waals surface area (Å²) in [5.74, 6) is -0.767. The summed E-state index contributed by atoms with van der Waals surface area (Å²) in [6, 6.07) is 1.91. The fourth-order valence-electron chi connectivity index (χ4n) is 2.33. The first kappa shape index (κ1) is 20.2. The molecule has 0 aromatic carbocycles. The predicted octanol–water partition coefficient (Wildman–Crippen LogP) is 0.787. The van der Waals surface area contributed by atoms with E-state index in [9.17, 15) is 15.2 Å². The van der Waals surface area contributed by atoms with E-state index in [0.29, 0.717) is 18.6 Å². The van der Waals surface area contributed by atoms with E-state index in [1.807, 2.05) is 12.1 Å². The Kier molecular flexibility index (Phi) is 9.77. The molecule has 7 heteroatoms. The van der Waals surface area contributed by atoms with Gasteiger partial charge in [0.15, 0.2) is 0 Å². The van der Waals surface area contributed by atoms with Crippen molar-refractivity contribution in [1.82, 2.24) is 5.32 Å². The zero-order valence-electron chi connectivity index (χ0n) is 14.1. The Labute approximate surface area is 142 Å². The summed E-state index contributed by atoms with van der Waals surface area (Å²) in [6.07, 6.45) is 4.94. The quantitative estimate of drug-likeness (QED) is 0.246. The van der Waals surface area contributed by atoms with Gasteiger partial charge in [0.2, 0.25) is 0 Å². The van der Waals surface area contributed by atoms with E-state index in [-0.39, 0.29) is 12.2 Å². The molecule has 1 rings (SSSR count). The number of esters is 1. The van der Waals surface area contributed by atoms with E-state index in [2.05, 4.69) is 5.32 Å². The Morgan fingerprint density at radius 3 is 2.88 bits per heavy atom. The highest BCUT2D eigenvalue weighted by molar-refractivity contribution is 5.94. The Hall–Kier alpha value is -1.88. The van der Waals surface area contributed by atoms with E-state index in [1.54, 1.807) is 7.11 Å². The highest BCUT2D eigenvalue weighted by Gasteiger charge is 2.19. The first-order valence-electron chi connectivity index (χ1n) is 8.15. The molecular weight excluding hydrogens is 312 g/mol. The molecule has 1 aliphatic carbocycles. The molecule has 0 radical (unpaired) electrons. The maximum Gasteiger partial charge on any atom is 0.349 e. The molecule has 3 N–H and O–H groups in total. The number of methoxy groups -OCH3 is 1. The Bertz CT molecular complexity index is 508. The monoisotopic (exact) mass is 338 g/mol. The number of rotatable bonds is 9. The molecule has 0 saturated carbocycles. The van der Waals surface area contributed by atoms with Gasteiger partial charge in [-0.15, -0.1) is 0 Å². The number of carbonyl (C=O) groups excluding carboxylic acids is 1. The van der Waals surface area contributed by atoms with Gasteiger partial charge in [-0.05, 0) is 43.8 Å². The van der Waals surface area contributed by atoms with Gasteiger partial charge in [0.05, 0.1) is 6.61 Å². The van der Waals surface area contributed by atoms with Gasteiger partial charge in [-0.2, -0.15) is 5.26 Å². The summed E-state index contributed by atoms with van der Waals surface area (Å²) in [5, 5.41) is 30.6. The van der Waals surface area contributed by atoms with Crippen LogP contribution in [0.3, 0.4) is 0 Å². The van der Waals surface area contributed by atoms with Gasteiger partial charge in [-0.25, -0.2) is 4.79 Å². The predicted molar refractivity (Wildman–Crippen MR) is 87.7 cm³/mol. The van der Waals surface area contributed by atoms with E-state index in [1.165, 1.54) is 0 Å². The fourth-order valence-corrected chi connectivity index (χ4v) is 2.33. The van der Waals surface area contributed by atoms with Crippen LogP contribution in [0.5, 0.6) is 0 Å². The van der Waals surface area contributed by atoms with E-state index in [4.69, 9.17) is 14.6 Å². The summed E-state index contributed by atoms with van der Waals surface area (Å²) in [5.41, 5.74) is 1.60. The molecular formula is C17H26N2O5. The average Bonchev–Trinajstić information content (AvgIpc) is 2.83. The molecule has 1 unspecified atom stereocenters. The van der Waals surface area contributed by atoms with Crippen LogP contribution in [0, 0.1) is 11.3 Å². The summed E-state index contributed by atoms with van der Waals surface area (Å²) in [6.45, 7) is 0.606. The molecule has 0 spiro atoms. The molecule has 1 aliphatic rings. The number of allylic oxidation sites excluding steroid dienone is 3. The Morgan fingerprint density at radius 1 is 1.46 bits per heavy atom. The lowest BCUT2D eigenvalue weighted by Crippen LogP contribution is -2.23. The first-order valence-corrected chi connectivity index (χ1v) is 8.15. The van der Waals surface area contributed by atoms with Crippen LogP contribution in [-0.2, 0) is 14.3 Å². The van der Waals surface area contributed by atoms with Crippen molar-refractivity contribution >= 4 is 5.97 Å². The number of hydrogen-bond donors (Lipinski definition) is 3. The van der Waals surface area contributed by atoms with Crippen molar-refractivity contribution in [2.24, 2.45) is 0 Å². The number of ether oxygens (including phenoxy) is 2. The standard InChI is InChI=1S/C17H26N2O5/c1-23-8-4-7-19-14-6-3-2-5-13(9-14)16(10-18)17(22)24-12-15(21)11-20/h9,15,19-21H,2-8,11-12H2,1H3/b16-13-. The third kappa shape index (κ3) is 7.13. The van der Waals surface area contributed by atoms with E-state index in [0.717, 1.165) is 37.9 Å². The van der Waals surface area contributed by atoms with Gasteiger partial charge in [0.25, 0.3) is 0 Å². The van der Waals surface area contributed by atoms with Gasteiger partial charge in [-0.1, -0.05) is 0 Å². The van der Waals surface area contributed by atoms with Crippen LogP contribution >= 0.6 is 0 Å². The Morgan fingerprint density at radius 2 is 2.21 bits per heavy atom. The van der Waals surface area contributed by atoms with Crippen LogP contribution in [0.15, 0.2) is 22.9 Å². The highest BCUT2D eigenvalue weighted by atomic mass is 16.5. The van der Waals surface area contributed by atoms with Crippen molar-refractivity contribution < 1.29 is 24.5 Å². The molecule has 0 fully saturated rings. The van der Waals surface area contributed by atoms with Crippen LogP contribution in [0.25, 0.3) is 0 Å². The lowest BCUT2D eigenvalue weighted by Gasteiger charge is -2.11. The van der Waals surface area contributed by atoms with Crippen molar-refractivity contribution in [3.05, 3.63) is 22.9 Å². The summed E-state index contributed by atoms with van der Waals surface area (Å²) < 4.78 is 9.90. The molecule has 0 amide bonds. The number of aliphatic hydroxyl groups excluding tert-OH is 2. The van der Waals surface area contributed by atoms with Crippen molar-refractivity contribution in [2.75, 3.05) is 33.5 Å². The first-order chi connectivity index (χ1) is 11.6. The SMILES string of the molecule is COCCCNC1=C/C(=C(/C#N)C(=O)OCC(O)CO)CCCC1. The molecule has 0 aliphatic heterocycles.